The SMILES string of the molecule is N#CC1CCN(C(=O)C2CC(=O)N(c3ccccc3)C2)CC1. The first-order chi connectivity index (χ1) is 10.7. The number of nitrogens with zero attached hydrogens (tertiary/aromatic N) is 3. The van der Waals surface area contributed by atoms with Gasteiger partial charge in [0.2, 0.25) is 11.8 Å². The lowest BCUT2D eigenvalue weighted by Crippen LogP contribution is -2.42. The van der Waals surface area contributed by atoms with Gasteiger partial charge in [0.1, 0.15) is 0 Å². The van der Waals surface area contributed by atoms with Crippen LogP contribution in [0.5, 0.6) is 0 Å². The van der Waals surface area contributed by atoms with Gasteiger partial charge in [0.15, 0.2) is 0 Å². The molecular formula is C17H19N3O2. The number of amides is 2. The molecule has 2 saturated heterocycles. The fourth-order valence-corrected chi connectivity index (χ4v) is 3.22. The van der Waals surface area contributed by atoms with Crippen LogP contribution < -0.4 is 4.90 Å². The van der Waals surface area contributed by atoms with Crippen LogP contribution in [0, 0.1) is 23.2 Å². The molecule has 2 heterocycles. The van der Waals surface area contributed by atoms with E-state index in [2.05, 4.69) is 6.07 Å². The average molecular weight is 297 g/mol. The van der Waals surface area contributed by atoms with E-state index in [9.17, 15) is 9.59 Å². The lowest BCUT2D eigenvalue weighted by molar-refractivity contribution is -0.136. The van der Waals surface area contributed by atoms with E-state index in [0.29, 0.717) is 19.6 Å². The van der Waals surface area contributed by atoms with Crippen LogP contribution in [0.4, 0.5) is 5.69 Å². The monoisotopic (exact) mass is 297 g/mol. The first-order valence-electron chi connectivity index (χ1n) is 7.73. The van der Waals surface area contributed by atoms with Crippen LogP contribution in [0.1, 0.15) is 19.3 Å². The van der Waals surface area contributed by atoms with Crippen LogP contribution >= 0.6 is 0 Å². The Labute approximate surface area is 130 Å². The van der Waals surface area contributed by atoms with Gasteiger partial charge in [-0.25, -0.2) is 0 Å². The molecule has 3 rings (SSSR count). The van der Waals surface area contributed by atoms with Crippen molar-refractivity contribution in [3.05, 3.63) is 30.3 Å². The Bertz CT molecular complexity index is 600. The fraction of sp³-hybridized carbons (Fsp3) is 0.471. The van der Waals surface area contributed by atoms with Crippen molar-refractivity contribution < 1.29 is 9.59 Å². The molecule has 1 unspecified atom stereocenters. The number of piperidine rings is 1. The van der Waals surface area contributed by atoms with Gasteiger partial charge in [-0.05, 0) is 25.0 Å². The number of benzene rings is 1. The molecule has 2 aliphatic rings. The summed E-state index contributed by atoms with van der Waals surface area (Å²) in [5.74, 6) is -0.124. The van der Waals surface area contributed by atoms with E-state index in [1.165, 1.54) is 0 Å². The van der Waals surface area contributed by atoms with Crippen molar-refractivity contribution in [2.45, 2.75) is 19.3 Å². The van der Waals surface area contributed by atoms with Gasteiger partial charge in [-0.3, -0.25) is 9.59 Å². The maximum Gasteiger partial charge on any atom is 0.228 e. The van der Waals surface area contributed by atoms with Crippen molar-refractivity contribution >= 4 is 17.5 Å². The molecule has 0 aromatic heterocycles. The van der Waals surface area contributed by atoms with Crippen LogP contribution in [0.3, 0.4) is 0 Å². The predicted octanol–water partition coefficient (Wildman–Crippen LogP) is 1.80. The molecule has 2 fully saturated rings. The Kier molecular flexibility index (Phi) is 4.10. The maximum absolute atomic E-state index is 12.6. The highest BCUT2D eigenvalue weighted by Gasteiger charge is 2.37. The summed E-state index contributed by atoms with van der Waals surface area (Å²) in [7, 11) is 0. The molecule has 1 atom stereocenters. The molecule has 0 spiro atoms. The summed E-state index contributed by atoms with van der Waals surface area (Å²) in [6.45, 7) is 1.72. The third-order valence-electron chi connectivity index (χ3n) is 4.53. The zero-order chi connectivity index (χ0) is 15.5. The van der Waals surface area contributed by atoms with E-state index >= 15 is 0 Å². The van der Waals surface area contributed by atoms with Crippen molar-refractivity contribution in [1.82, 2.24) is 4.90 Å². The topological polar surface area (TPSA) is 64.4 Å². The third-order valence-corrected chi connectivity index (χ3v) is 4.53. The van der Waals surface area contributed by atoms with Crippen LogP contribution in [0.15, 0.2) is 30.3 Å². The highest BCUT2D eigenvalue weighted by molar-refractivity contribution is 6.00. The summed E-state index contributed by atoms with van der Waals surface area (Å²) in [6.07, 6.45) is 1.77. The fourth-order valence-electron chi connectivity index (χ4n) is 3.22. The standard InChI is InChI=1S/C17H19N3O2/c18-11-13-6-8-19(9-7-13)17(22)14-10-16(21)20(12-14)15-4-2-1-3-5-15/h1-5,13-14H,6-10,12H2. The molecule has 5 nitrogen and oxygen atoms in total. The zero-order valence-corrected chi connectivity index (χ0v) is 12.4. The molecule has 0 saturated carbocycles. The molecule has 0 aliphatic carbocycles. The molecule has 0 radical (unpaired) electrons. The van der Waals surface area contributed by atoms with Crippen LogP contribution in [0.2, 0.25) is 0 Å². The highest BCUT2D eigenvalue weighted by Crippen LogP contribution is 2.27. The van der Waals surface area contributed by atoms with Gasteiger partial charge in [-0.2, -0.15) is 5.26 Å². The normalized spacial score (nSPS) is 22.7. The number of rotatable bonds is 2. The van der Waals surface area contributed by atoms with Gasteiger partial charge >= 0.3 is 0 Å². The largest absolute Gasteiger partial charge is 0.342 e. The number of likely N-dealkylation sites (tertiary alicyclic amines) is 1. The summed E-state index contributed by atoms with van der Waals surface area (Å²) >= 11 is 0. The Hall–Kier alpha value is -2.35. The molecule has 5 heteroatoms. The minimum absolute atomic E-state index is 0.0106. The molecule has 0 bridgehead atoms. The van der Waals surface area contributed by atoms with Crippen molar-refractivity contribution in [2.75, 3.05) is 24.5 Å². The van der Waals surface area contributed by atoms with Gasteiger partial charge in [-0.15, -0.1) is 0 Å². The molecule has 1 aromatic carbocycles. The predicted molar refractivity (Wildman–Crippen MR) is 81.8 cm³/mol. The molecule has 2 amide bonds. The third kappa shape index (κ3) is 2.82. The smallest absolute Gasteiger partial charge is 0.228 e. The summed E-state index contributed by atoms with van der Waals surface area (Å²) < 4.78 is 0. The van der Waals surface area contributed by atoms with Gasteiger partial charge < -0.3 is 9.80 Å². The van der Waals surface area contributed by atoms with Gasteiger partial charge in [-0.1, -0.05) is 18.2 Å². The molecular weight excluding hydrogens is 278 g/mol. The van der Waals surface area contributed by atoms with Gasteiger partial charge in [0.25, 0.3) is 0 Å². The van der Waals surface area contributed by atoms with E-state index < -0.39 is 0 Å². The number of nitriles is 1. The van der Waals surface area contributed by atoms with Crippen molar-refractivity contribution in [2.24, 2.45) is 11.8 Å². The molecule has 1 aromatic rings. The second kappa shape index (κ2) is 6.18. The Morgan fingerprint density at radius 1 is 1.18 bits per heavy atom. The number of hydrogen-bond donors (Lipinski definition) is 0. The van der Waals surface area contributed by atoms with Crippen molar-refractivity contribution in [1.29, 1.82) is 5.26 Å². The minimum atomic E-state index is -0.258. The van der Waals surface area contributed by atoms with Crippen molar-refractivity contribution in [3.63, 3.8) is 0 Å². The van der Waals surface area contributed by atoms with Gasteiger partial charge in [0, 0.05) is 37.7 Å². The molecule has 0 N–H and O–H groups in total. The molecule has 114 valence electrons. The average Bonchev–Trinajstić information content (AvgIpc) is 2.97. The lowest BCUT2D eigenvalue weighted by atomic mass is 9.97. The van der Waals surface area contributed by atoms with Crippen LogP contribution in [-0.2, 0) is 9.59 Å². The Morgan fingerprint density at radius 2 is 1.86 bits per heavy atom. The zero-order valence-electron chi connectivity index (χ0n) is 12.4. The van der Waals surface area contributed by atoms with Crippen LogP contribution in [-0.4, -0.2) is 36.3 Å². The first-order valence-corrected chi connectivity index (χ1v) is 7.73. The molecule has 2 aliphatic heterocycles. The lowest BCUT2D eigenvalue weighted by Gasteiger charge is -2.31. The number of carbonyl (C=O) groups is 2. The van der Waals surface area contributed by atoms with Crippen molar-refractivity contribution in [3.8, 4) is 6.07 Å². The quantitative estimate of drug-likeness (QED) is 0.836. The Morgan fingerprint density at radius 3 is 2.50 bits per heavy atom. The number of carbonyl (C=O) groups excluding carboxylic acids is 2. The van der Waals surface area contributed by atoms with E-state index in [1.54, 1.807) is 4.90 Å². The minimum Gasteiger partial charge on any atom is -0.342 e. The maximum atomic E-state index is 12.6. The number of para-hydroxylation sites is 1. The van der Waals surface area contributed by atoms with E-state index in [1.807, 2.05) is 35.2 Å². The second-order valence-corrected chi connectivity index (χ2v) is 5.97. The molecule has 22 heavy (non-hydrogen) atoms. The summed E-state index contributed by atoms with van der Waals surface area (Å²) in [5.41, 5.74) is 0.853. The van der Waals surface area contributed by atoms with E-state index in [-0.39, 0.29) is 30.1 Å². The van der Waals surface area contributed by atoms with Gasteiger partial charge in [0.05, 0.1) is 12.0 Å². The first kappa shape index (κ1) is 14.6. The number of hydrogen-bond acceptors (Lipinski definition) is 3. The van der Waals surface area contributed by atoms with E-state index in [0.717, 1.165) is 18.5 Å². The Balaban J connectivity index is 1.64. The van der Waals surface area contributed by atoms with E-state index in [4.69, 9.17) is 5.26 Å². The van der Waals surface area contributed by atoms with Crippen LogP contribution in [0.25, 0.3) is 0 Å². The highest BCUT2D eigenvalue weighted by atomic mass is 16.2. The summed E-state index contributed by atoms with van der Waals surface area (Å²) in [5, 5.41) is 8.92. The number of anilines is 1. The second-order valence-electron chi connectivity index (χ2n) is 5.97. The summed E-state index contributed by atoms with van der Waals surface area (Å²) in [6, 6.07) is 11.7. The summed E-state index contributed by atoms with van der Waals surface area (Å²) in [4.78, 5) is 28.3.